The summed E-state index contributed by atoms with van der Waals surface area (Å²) in [6.07, 6.45) is 2.15. The molecule has 0 radical (unpaired) electrons. The highest BCUT2D eigenvalue weighted by Crippen LogP contribution is 2.33. The number of pyridine rings is 1. The Morgan fingerprint density at radius 3 is 2.47 bits per heavy atom. The summed E-state index contributed by atoms with van der Waals surface area (Å²) in [5.74, 6) is 0. The zero-order valence-electron chi connectivity index (χ0n) is 17.2. The van der Waals surface area contributed by atoms with Gasteiger partial charge in [-0.15, -0.1) is 0 Å². The van der Waals surface area contributed by atoms with E-state index in [9.17, 15) is 5.26 Å². The van der Waals surface area contributed by atoms with Crippen molar-refractivity contribution in [1.82, 2.24) is 9.78 Å². The molecule has 0 spiro atoms. The third kappa shape index (κ3) is 2.75. The third-order valence-corrected chi connectivity index (χ3v) is 5.77. The van der Waals surface area contributed by atoms with E-state index in [1.807, 2.05) is 48.1 Å². The number of nitrogens with zero attached hydrogens (tertiary/aromatic N) is 4. The van der Waals surface area contributed by atoms with Crippen LogP contribution in [0.1, 0.15) is 16.8 Å². The Morgan fingerprint density at radius 1 is 0.933 bits per heavy atom. The molecule has 0 aliphatic heterocycles. The first-order valence-electron chi connectivity index (χ1n) is 9.95. The molecular weight excluding hydrogens is 368 g/mol. The van der Waals surface area contributed by atoms with Crippen LogP contribution in [0.3, 0.4) is 0 Å². The molecule has 30 heavy (non-hydrogen) atoms. The quantitative estimate of drug-likeness (QED) is 0.392. The third-order valence-electron chi connectivity index (χ3n) is 5.77. The van der Waals surface area contributed by atoms with E-state index in [0.717, 1.165) is 44.5 Å². The Labute approximate surface area is 175 Å². The van der Waals surface area contributed by atoms with Crippen LogP contribution in [0.5, 0.6) is 0 Å². The first kappa shape index (κ1) is 18.1. The maximum Gasteiger partial charge on any atom is 0.215 e. The molecule has 5 rings (SSSR count). The van der Waals surface area contributed by atoms with Crippen molar-refractivity contribution >= 4 is 21.7 Å². The summed E-state index contributed by atoms with van der Waals surface area (Å²) < 4.78 is 4.09. The first-order chi connectivity index (χ1) is 14.6. The highest BCUT2D eigenvalue weighted by molar-refractivity contribution is 5.94. The molecule has 4 nitrogen and oxygen atoms in total. The van der Waals surface area contributed by atoms with Crippen molar-refractivity contribution < 1.29 is 4.57 Å². The minimum absolute atomic E-state index is 0.635. The van der Waals surface area contributed by atoms with E-state index in [-0.39, 0.29) is 0 Å². The minimum Gasteiger partial charge on any atom is -0.267 e. The molecule has 2 aromatic heterocycles. The van der Waals surface area contributed by atoms with Gasteiger partial charge in [0.05, 0.1) is 22.8 Å². The highest BCUT2D eigenvalue weighted by atomic mass is 15.3. The first-order valence-corrected chi connectivity index (χ1v) is 9.95. The summed E-state index contributed by atoms with van der Waals surface area (Å²) >= 11 is 0. The van der Waals surface area contributed by atoms with Crippen LogP contribution < -0.4 is 4.57 Å². The lowest BCUT2D eigenvalue weighted by Gasteiger charge is -2.11. The fourth-order valence-corrected chi connectivity index (χ4v) is 4.28. The molecule has 3 aromatic carbocycles. The van der Waals surface area contributed by atoms with Crippen molar-refractivity contribution in [1.29, 1.82) is 5.26 Å². The highest BCUT2D eigenvalue weighted by Gasteiger charge is 2.22. The summed E-state index contributed by atoms with van der Waals surface area (Å²) in [6.45, 7) is 4.22. The average Bonchev–Trinajstić information content (AvgIpc) is 3.09. The van der Waals surface area contributed by atoms with Gasteiger partial charge in [-0.3, -0.25) is 4.68 Å². The van der Waals surface area contributed by atoms with Crippen LogP contribution in [0.25, 0.3) is 38.6 Å². The van der Waals surface area contributed by atoms with Gasteiger partial charge in [0.15, 0.2) is 11.9 Å². The van der Waals surface area contributed by atoms with Gasteiger partial charge in [0.25, 0.3) is 0 Å². The Bertz CT molecular complexity index is 1490. The van der Waals surface area contributed by atoms with Gasteiger partial charge < -0.3 is 0 Å². The molecule has 2 heterocycles. The second kappa shape index (κ2) is 6.82. The zero-order chi connectivity index (χ0) is 20.8. The summed E-state index contributed by atoms with van der Waals surface area (Å²) in [5, 5.41) is 17.9. The summed E-state index contributed by atoms with van der Waals surface area (Å²) in [7, 11) is 1.96. The van der Waals surface area contributed by atoms with E-state index >= 15 is 0 Å². The number of benzene rings is 3. The lowest BCUT2D eigenvalue weighted by molar-refractivity contribution is -0.601. The summed E-state index contributed by atoms with van der Waals surface area (Å²) in [4.78, 5) is 0. The molecule has 0 aliphatic carbocycles. The molecule has 4 heteroatoms. The predicted molar refractivity (Wildman–Crippen MR) is 119 cm³/mol. The minimum atomic E-state index is 0.635. The maximum absolute atomic E-state index is 9.76. The van der Waals surface area contributed by atoms with Crippen molar-refractivity contribution in [3.05, 3.63) is 89.7 Å². The van der Waals surface area contributed by atoms with Crippen LogP contribution >= 0.6 is 0 Å². The fourth-order valence-electron chi connectivity index (χ4n) is 4.28. The van der Waals surface area contributed by atoms with E-state index < -0.39 is 0 Å². The Morgan fingerprint density at radius 2 is 1.67 bits per heavy atom. The van der Waals surface area contributed by atoms with Gasteiger partial charge in [0.1, 0.15) is 0 Å². The van der Waals surface area contributed by atoms with Crippen molar-refractivity contribution in [3.63, 3.8) is 0 Å². The van der Waals surface area contributed by atoms with Gasteiger partial charge in [0.2, 0.25) is 5.69 Å². The molecule has 0 saturated heterocycles. The number of fused-ring (bicyclic) bond motifs is 2. The lowest BCUT2D eigenvalue weighted by atomic mass is 9.97. The lowest BCUT2D eigenvalue weighted by Crippen LogP contribution is -2.35. The Hall–Kier alpha value is -3.97. The number of aryl methyl sites for hydroxylation is 2. The van der Waals surface area contributed by atoms with Crippen LogP contribution in [0.15, 0.2) is 72.9 Å². The molecule has 144 valence electrons. The normalized spacial score (nSPS) is 11.1. The fraction of sp³-hybridized carbons (Fsp3) is 0.115. The van der Waals surface area contributed by atoms with Crippen LogP contribution in [-0.4, -0.2) is 9.78 Å². The van der Waals surface area contributed by atoms with Crippen molar-refractivity contribution in [2.75, 3.05) is 0 Å². The molecule has 5 aromatic rings. The van der Waals surface area contributed by atoms with E-state index in [0.29, 0.717) is 5.56 Å². The number of hydrogen-bond donors (Lipinski definition) is 0. The van der Waals surface area contributed by atoms with E-state index in [2.05, 4.69) is 66.1 Å². The monoisotopic (exact) mass is 389 g/mol. The molecule has 0 N–H and O–H groups in total. The predicted octanol–water partition coefficient (Wildman–Crippen LogP) is 5.16. The van der Waals surface area contributed by atoms with Gasteiger partial charge in [-0.2, -0.15) is 14.9 Å². The summed E-state index contributed by atoms with van der Waals surface area (Å²) in [5.41, 5.74) is 6.89. The van der Waals surface area contributed by atoms with Gasteiger partial charge >= 0.3 is 0 Å². The molecule has 0 unspecified atom stereocenters. The second-order valence-electron chi connectivity index (χ2n) is 7.68. The van der Waals surface area contributed by atoms with Gasteiger partial charge in [0, 0.05) is 48.0 Å². The van der Waals surface area contributed by atoms with Crippen molar-refractivity contribution in [3.8, 4) is 23.0 Å². The molecule has 0 atom stereocenters. The number of nitriles is 1. The van der Waals surface area contributed by atoms with Crippen molar-refractivity contribution in [2.24, 2.45) is 7.05 Å². The Balaban J connectivity index is 1.83. The maximum atomic E-state index is 9.76. The summed E-state index contributed by atoms with van der Waals surface area (Å²) in [6, 6.07) is 25.0. The van der Waals surface area contributed by atoms with Crippen LogP contribution in [0, 0.1) is 25.2 Å². The smallest absolute Gasteiger partial charge is 0.215 e. The van der Waals surface area contributed by atoms with Crippen molar-refractivity contribution in [2.45, 2.75) is 13.8 Å². The van der Waals surface area contributed by atoms with E-state index in [1.54, 1.807) is 0 Å². The average molecular weight is 389 g/mol. The number of rotatable bonds is 2. The standard InChI is InChI=1S/C26H21N4/c1-17-12-20-8-4-5-9-21(20)16-30(17)25-14-19(15-27)13-23(18(25)2)26-22-10-6-7-11-24(22)28-29(26)3/h4-14,16H,1-3H3/q+1. The molecule has 0 fully saturated rings. The molecule has 0 aliphatic rings. The largest absolute Gasteiger partial charge is 0.267 e. The molecule has 0 bridgehead atoms. The number of aromatic nitrogens is 3. The Kier molecular flexibility index (Phi) is 4.11. The molecular formula is C26H21N4+. The van der Waals surface area contributed by atoms with Crippen LogP contribution in [0.2, 0.25) is 0 Å². The SMILES string of the molecule is Cc1c(-c2c3ccccc3nn2C)cc(C#N)cc1-[n+]1cc2ccccc2cc1C. The van der Waals surface area contributed by atoms with Gasteiger partial charge in [-0.25, -0.2) is 0 Å². The number of hydrogen-bond acceptors (Lipinski definition) is 2. The van der Waals surface area contributed by atoms with E-state index in [4.69, 9.17) is 0 Å². The zero-order valence-corrected chi connectivity index (χ0v) is 17.2. The van der Waals surface area contributed by atoms with Gasteiger partial charge in [-0.1, -0.05) is 36.4 Å². The van der Waals surface area contributed by atoms with Gasteiger partial charge in [-0.05, 0) is 30.5 Å². The van der Waals surface area contributed by atoms with Crippen LogP contribution in [-0.2, 0) is 7.05 Å². The second-order valence-corrected chi connectivity index (χ2v) is 7.68. The van der Waals surface area contributed by atoms with E-state index in [1.165, 1.54) is 5.39 Å². The molecule has 0 amide bonds. The van der Waals surface area contributed by atoms with Crippen LogP contribution in [0.4, 0.5) is 0 Å². The topological polar surface area (TPSA) is 45.5 Å². The molecule has 0 saturated carbocycles.